The average Bonchev–Trinajstić information content (AvgIpc) is 2.45. The first-order valence-corrected chi connectivity index (χ1v) is 7.16. The van der Waals surface area contributed by atoms with Crippen LogP contribution in [0.4, 0.5) is 0 Å². The zero-order valence-electron chi connectivity index (χ0n) is 12.2. The SMILES string of the molecule is Cl.NC1CCCN(CC(=O)NCCOc2ccccc2)C1. The van der Waals surface area contributed by atoms with Gasteiger partial charge in [-0.3, -0.25) is 9.69 Å². The zero-order chi connectivity index (χ0) is 14.2. The predicted octanol–water partition coefficient (Wildman–Crippen LogP) is 1.03. The number of para-hydroxylation sites is 1. The van der Waals surface area contributed by atoms with Gasteiger partial charge in [0.1, 0.15) is 12.4 Å². The Labute approximate surface area is 132 Å². The van der Waals surface area contributed by atoms with Gasteiger partial charge in [0.2, 0.25) is 5.91 Å². The third-order valence-electron chi connectivity index (χ3n) is 3.35. The second kappa shape index (κ2) is 9.60. The van der Waals surface area contributed by atoms with E-state index in [-0.39, 0.29) is 24.4 Å². The van der Waals surface area contributed by atoms with Gasteiger partial charge >= 0.3 is 0 Å². The molecule has 1 atom stereocenters. The highest BCUT2D eigenvalue weighted by Crippen LogP contribution is 2.08. The highest BCUT2D eigenvalue weighted by molar-refractivity contribution is 5.85. The molecule has 1 heterocycles. The lowest BCUT2D eigenvalue weighted by atomic mass is 10.1. The number of nitrogens with one attached hydrogen (secondary N) is 1. The fourth-order valence-corrected chi connectivity index (χ4v) is 2.37. The molecule has 1 aliphatic rings. The number of rotatable bonds is 6. The highest BCUT2D eigenvalue weighted by Gasteiger charge is 2.18. The van der Waals surface area contributed by atoms with Crippen LogP contribution in [0, 0.1) is 0 Å². The Kier molecular flexibility index (Phi) is 8.12. The number of benzene rings is 1. The minimum Gasteiger partial charge on any atom is -0.492 e. The van der Waals surface area contributed by atoms with Crippen LogP contribution in [0.15, 0.2) is 30.3 Å². The van der Waals surface area contributed by atoms with E-state index in [1.807, 2.05) is 30.3 Å². The van der Waals surface area contributed by atoms with E-state index in [1.165, 1.54) is 0 Å². The molecule has 21 heavy (non-hydrogen) atoms. The number of carbonyl (C=O) groups excluding carboxylic acids is 1. The van der Waals surface area contributed by atoms with Crippen LogP contribution in [0.3, 0.4) is 0 Å². The molecule has 3 N–H and O–H groups in total. The van der Waals surface area contributed by atoms with Crippen molar-refractivity contribution in [3.05, 3.63) is 30.3 Å². The van der Waals surface area contributed by atoms with E-state index < -0.39 is 0 Å². The normalized spacial score (nSPS) is 18.6. The maximum Gasteiger partial charge on any atom is 0.234 e. The first kappa shape index (κ1) is 17.8. The van der Waals surface area contributed by atoms with Crippen LogP contribution in [0.1, 0.15) is 12.8 Å². The van der Waals surface area contributed by atoms with Crippen LogP contribution in [0.5, 0.6) is 5.75 Å². The summed E-state index contributed by atoms with van der Waals surface area (Å²) >= 11 is 0. The molecule has 1 fully saturated rings. The number of halogens is 1. The van der Waals surface area contributed by atoms with E-state index >= 15 is 0 Å². The summed E-state index contributed by atoms with van der Waals surface area (Å²) < 4.78 is 5.52. The molecular weight excluding hydrogens is 290 g/mol. The van der Waals surface area contributed by atoms with Gasteiger partial charge < -0.3 is 15.8 Å². The topological polar surface area (TPSA) is 67.6 Å². The molecule has 0 aromatic heterocycles. The molecule has 1 saturated heterocycles. The van der Waals surface area contributed by atoms with E-state index in [0.717, 1.165) is 31.7 Å². The fourth-order valence-electron chi connectivity index (χ4n) is 2.37. The number of hydrogen-bond acceptors (Lipinski definition) is 4. The summed E-state index contributed by atoms with van der Waals surface area (Å²) in [5, 5.41) is 2.87. The zero-order valence-corrected chi connectivity index (χ0v) is 13.0. The van der Waals surface area contributed by atoms with Crippen molar-refractivity contribution in [2.24, 2.45) is 5.73 Å². The number of hydrogen-bond donors (Lipinski definition) is 2. The number of nitrogens with two attached hydrogens (primary N) is 1. The summed E-state index contributed by atoms with van der Waals surface area (Å²) in [4.78, 5) is 13.9. The van der Waals surface area contributed by atoms with E-state index in [0.29, 0.717) is 19.7 Å². The van der Waals surface area contributed by atoms with Gasteiger partial charge in [-0.25, -0.2) is 0 Å². The molecule has 1 aromatic carbocycles. The van der Waals surface area contributed by atoms with Crippen LogP contribution < -0.4 is 15.8 Å². The maximum absolute atomic E-state index is 11.8. The Morgan fingerprint density at radius 1 is 1.38 bits per heavy atom. The molecule has 1 amide bonds. The van der Waals surface area contributed by atoms with Crippen molar-refractivity contribution in [2.45, 2.75) is 18.9 Å². The molecule has 1 aliphatic heterocycles. The minimum absolute atomic E-state index is 0. The number of piperidine rings is 1. The second-order valence-corrected chi connectivity index (χ2v) is 5.15. The molecule has 1 aromatic rings. The number of carbonyl (C=O) groups is 1. The third-order valence-corrected chi connectivity index (χ3v) is 3.35. The fraction of sp³-hybridized carbons (Fsp3) is 0.533. The molecule has 0 aliphatic carbocycles. The first-order chi connectivity index (χ1) is 9.74. The summed E-state index contributed by atoms with van der Waals surface area (Å²) in [6.07, 6.45) is 2.13. The second-order valence-electron chi connectivity index (χ2n) is 5.15. The molecule has 5 nitrogen and oxygen atoms in total. The van der Waals surface area contributed by atoms with E-state index in [9.17, 15) is 4.79 Å². The van der Waals surface area contributed by atoms with Crippen LogP contribution in [0.25, 0.3) is 0 Å². The Hall–Kier alpha value is -1.30. The Balaban J connectivity index is 0.00000220. The van der Waals surface area contributed by atoms with Gasteiger partial charge in [-0.15, -0.1) is 12.4 Å². The molecule has 0 spiro atoms. The molecule has 118 valence electrons. The van der Waals surface area contributed by atoms with Crippen LogP contribution in [-0.4, -0.2) is 49.6 Å². The van der Waals surface area contributed by atoms with Crippen molar-refractivity contribution in [1.29, 1.82) is 0 Å². The minimum atomic E-state index is 0. The van der Waals surface area contributed by atoms with Crippen molar-refractivity contribution in [1.82, 2.24) is 10.2 Å². The van der Waals surface area contributed by atoms with E-state index in [2.05, 4.69) is 10.2 Å². The van der Waals surface area contributed by atoms with Gasteiger partial charge in [0, 0.05) is 12.6 Å². The Morgan fingerprint density at radius 3 is 2.86 bits per heavy atom. The molecule has 0 saturated carbocycles. The van der Waals surface area contributed by atoms with Crippen molar-refractivity contribution >= 4 is 18.3 Å². The number of amides is 1. The van der Waals surface area contributed by atoms with E-state index in [1.54, 1.807) is 0 Å². The van der Waals surface area contributed by atoms with Crippen molar-refractivity contribution in [2.75, 3.05) is 32.8 Å². The molecule has 1 unspecified atom stereocenters. The van der Waals surface area contributed by atoms with Gasteiger partial charge in [0.25, 0.3) is 0 Å². The van der Waals surface area contributed by atoms with Crippen LogP contribution >= 0.6 is 12.4 Å². The number of ether oxygens (including phenoxy) is 1. The van der Waals surface area contributed by atoms with Gasteiger partial charge in [-0.1, -0.05) is 18.2 Å². The molecule has 0 bridgehead atoms. The predicted molar refractivity (Wildman–Crippen MR) is 85.8 cm³/mol. The summed E-state index contributed by atoms with van der Waals surface area (Å²) in [6, 6.07) is 9.80. The largest absolute Gasteiger partial charge is 0.492 e. The quantitative estimate of drug-likeness (QED) is 0.770. The van der Waals surface area contributed by atoms with Crippen molar-refractivity contribution in [3.63, 3.8) is 0 Å². The molecular formula is C15H24ClN3O2. The lowest BCUT2D eigenvalue weighted by Crippen LogP contribution is -2.47. The molecule has 0 radical (unpaired) electrons. The summed E-state index contributed by atoms with van der Waals surface area (Å²) in [6.45, 7) is 3.21. The summed E-state index contributed by atoms with van der Waals surface area (Å²) in [5.74, 6) is 0.861. The maximum atomic E-state index is 11.8. The van der Waals surface area contributed by atoms with Gasteiger partial charge in [0.15, 0.2) is 0 Å². The van der Waals surface area contributed by atoms with Gasteiger partial charge in [-0.2, -0.15) is 0 Å². The third kappa shape index (κ3) is 6.80. The van der Waals surface area contributed by atoms with Crippen LogP contribution in [-0.2, 0) is 4.79 Å². The van der Waals surface area contributed by atoms with E-state index in [4.69, 9.17) is 10.5 Å². The number of nitrogens with zero attached hydrogens (tertiary/aromatic N) is 1. The number of likely N-dealkylation sites (tertiary alicyclic amines) is 1. The monoisotopic (exact) mass is 313 g/mol. The lowest BCUT2D eigenvalue weighted by Gasteiger charge is -2.29. The van der Waals surface area contributed by atoms with Crippen molar-refractivity contribution in [3.8, 4) is 5.75 Å². The van der Waals surface area contributed by atoms with Gasteiger partial charge in [0.05, 0.1) is 13.1 Å². The first-order valence-electron chi connectivity index (χ1n) is 7.16. The summed E-state index contributed by atoms with van der Waals surface area (Å²) in [7, 11) is 0. The lowest BCUT2D eigenvalue weighted by molar-refractivity contribution is -0.122. The standard InChI is InChI=1S/C15H23N3O2.ClH/c16-13-5-4-9-18(11-13)12-15(19)17-8-10-20-14-6-2-1-3-7-14;/h1-3,6-7,13H,4-5,8-12,16H2,(H,17,19);1H. The molecule has 6 heteroatoms. The molecule has 2 rings (SSSR count). The average molecular weight is 314 g/mol. The summed E-state index contributed by atoms with van der Waals surface area (Å²) in [5.41, 5.74) is 5.89. The van der Waals surface area contributed by atoms with Crippen molar-refractivity contribution < 1.29 is 9.53 Å². The Morgan fingerprint density at radius 2 is 2.14 bits per heavy atom. The van der Waals surface area contributed by atoms with Gasteiger partial charge in [-0.05, 0) is 31.5 Å². The smallest absolute Gasteiger partial charge is 0.234 e. The van der Waals surface area contributed by atoms with Crippen LogP contribution in [0.2, 0.25) is 0 Å². The highest BCUT2D eigenvalue weighted by atomic mass is 35.5. The Bertz CT molecular complexity index is 417.